The summed E-state index contributed by atoms with van der Waals surface area (Å²) >= 11 is 2.43. The first-order valence-corrected chi connectivity index (χ1v) is 11.6. The third-order valence-electron chi connectivity index (χ3n) is 4.67. The summed E-state index contributed by atoms with van der Waals surface area (Å²) in [7, 11) is 3.08. The number of ether oxygens (including phenoxy) is 2. The third-order valence-corrected chi connectivity index (χ3v) is 6.64. The molecule has 0 aliphatic carbocycles. The van der Waals surface area contributed by atoms with E-state index in [0.717, 1.165) is 10.8 Å². The smallest absolute Gasteiger partial charge is 0.258 e. The van der Waals surface area contributed by atoms with Crippen molar-refractivity contribution in [2.45, 2.75) is 4.34 Å². The zero-order valence-corrected chi connectivity index (χ0v) is 19.5. The normalized spacial score (nSPS) is 10.6. The largest absolute Gasteiger partial charge is 0.497 e. The van der Waals surface area contributed by atoms with Gasteiger partial charge < -0.3 is 14.8 Å². The van der Waals surface area contributed by atoms with Crippen LogP contribution in [0.5, 0.6) is 11.5 Å². The standard InChI is InChI=1S/C23H20N4O4S2/c1-30-15-10-11-19(31-2)18(12-15)24-20(28)13-32-23-27-26-22(33-23)25-21(29)17-9-5-7-14-6-3-4-8-16(14)17/h3-12H,13H2,1-2H3,(H,24,28)(H,25,26,29). The lowest BCUT2D eigenvalue weighted by Crippen LogP contribution is -2.14. The van der Waals surface area contributed by atoms with Gasteiger partial charge >= 0.3 is 0 Å². The van der Waals surface area contributed by atoms with Gasteiger partial charge in [-0.1, -0.05) is 59.5 Å². The zero-order chi connectivity index (χ0) is 23.2. The maximum absolute atomic E-state index is 12.8. The van der Waals surface area contributed by atoms with Crippen molar-refractivity contribution < 1.29 is 19.1 Å². The van der Waals surface area contributed by atoms with Gasteiger partial charge in [0.1, 0.15) is 11.5 Å². The highest BCUT2D eigenvalue weighted by atomic mass is 32.2. The monoisotopic (exact) mass is 480 g/mol. The van der Waals surface area contributed by atoms with Gasteiger partial charge in [0.05, 0.1) is 25.7 Å². The summed E-state index contributed by atoms with van der Waals surface area (Å²) in [6.45, 7) is 0. The minimum Gasteiger partial charge on any atom is -0.497 e. The average Bonchev–Trinajstić information content (AvgIpc) is 3.29. The van der Waals surface area contributed by atoms with Crippen LogP contribution in [0.15, 0.2) is 65.0 Å². The number of thioether (sulfide) groups is 1. The molecule has 0 atom stereocenters. The fourth-order valence-electron chi connectivity index (χ4n) is 3.13. The molecule has 0 spiro atoms. The highest BCUT2D eigenvalue weighted by molar-refractivity contribution is 8.01. The summed E-state index contributed by atoms with van der Waals surface area (Å²) < 4.78 is 11.0. The number of aromatic nitrogens is 2. The quantitative estimate of drug-likeness (QED) is 0.279. The van der Waals surface area contributed by atoms with Crippen LogP contribution in [0.2, 0.25) is 0 Å². The lowest BCUT2D eigenvalue weighted by molar-refractivity contribution is -0.113. The highest BCUT2D eigenvalue weighted by Gasteiger charge is 2.15. The van der Waals surface area contributed by atoms with Crippen LogP contribution in [0.4, 0.5) is 10.8 Å². The molecule has 8 nitrogen and oxygen atoms in total. The van der Waals surface area contributed by atoms with Crippen molar-refractivity contribution in [1.82, 2.24) is 10.2 Å². The second kappa shape index (κ2) is 10.3. The predicted octanol–water partition coefficient (Wildman–Crippen LogP) is 4.69. The molecule has 1 heterocycles. The van der Waals surface area contributed by atoms with Crippen molar-refractivity contribution >= 4 is 56.5 Å². The van der Waals surface area contributed by atoms with E-state index in [9.17, 15) is 9.59 Å². The molecule has 4 rings (SSSR count). The lowest BCUT2D eigenvalue weighted by atomic mass is 10.0. The average molecular weight is 481 g/mol. The van der Waals surface area contributed by atoms with Crippen LogP contribution >= 0.6 is 23.1 Å². The molecule has 2 amide bonds. The molecule has 0 aliphatic rings. The van der Waals surface area contributed by atoms with E-state index in [0.29, 0.717) is 32.2 Å². The Morgan fingerprint density at radius 3 is 2.61 bits per heavy atom. The van der Waals surface area contributed by atoms with Gasteiger partial charge in [0.25, 0.3) is 5.91 Å². The third kappa shape index (κ3) is 5.41. The van der Waals surface area contributed by atoms with E-state index in [1.165, 1.54) is 30.2 Å². The minimum atomic E-state index is -0.262. The number of hydrogen-bond acceptors (Lipinski definition) is 8. The Labute approximate surface area is 198 Å². The van der Waals surface area contributed by atoms with Crippen molar-refractivity contribution in [3.05, 3.63) is 66.2 Å². The number of benzene rings is 3. The maximum Gasteiger partial charge on any atom is 0.258 e. The van der Waals surface area contributed by atoms with Crippen LogP contribution in [0.3, 0.4) is 0 Å². The number of methoxy groups -OCH3 is 2. The number of carbonyl (C=O) groups excluding carboxylic acids is 2. The Kier molecular flexibility index (Phi) is 7.06. The number of hydrogen-bond donors (Lipinski definition) is 2. The topological polar surface area (TPSA) is 102 Å². The molecular formula is C23H20N4O4S2. The molecule has 1 aromatic heterocycles. The van der Waals surface area contributed by atoms with E-state index in [1.54, 1.807) is 31.4 Å². The highest BCUT2D eigenvalue weighted by Crippen LogP contribution is 2.30. The molecule has 0 fully saturated rings. The SMILES string of the molecule is COc1ccc(OC)c(NC(=O)CSc2nnc(NC(=O)c3cccc4ccccc34)s2)c1. The molecule has 0 radical (unpaired) electrons. The van der Waals surface area contributed by atoms with Crippen molar-refractivity contribution in [2.75, 3.05) is 30.6 Å². The van der Waals surface area contributed by atoms with Gasteiger partial charge in [-0.2, -0.15) is 0 Å². The molecule has 0 saturated carbocycles. The fraction of sp³-hybridized carbons (Fsp3) is 0.130. The van der Waals surface area contributed by atoms with Gasteiger partial charge in [-0.25, -0.2) is 0 Å². The number of carbonyl (C=O) groups is 2. The van der Waals surface area contributed by atoms with Gasteiger partial charge in [-0.05, 0) is 29.0 Å². The summed E-state index contributed by atoms with van der Waals surface area (Å²) in [4.78, 5) is 25.2. The summed E-state index contributed by atoms with van der Waals surface area (Å²) in [6.07, 6.45) is 0. The summed E-state index contributed by atoms with van der Waals surface area (Å²) in [5, 5.41) is 15.9. The summed E-state index contributed by atoms with van der Waals surface area (Å²) in [6, 6.07) is 18.4. The molecule has 3 aromatic carbocycles. The van der Waals surface area contributed by atoms with Gasteiger partial charge in [-0.3, -0.25) is 14.9 Å². The molecule has 33 heavy (non-hydrogen) atoms. The molecule has 10 heteroatoms. The Morgan fingerprint density at radius 1 is 0.970 bits per heavy atom. The van der Waals surface area contributed by atoms with Gasteiger partial charge in [0.2, 0.25) is 11.0 Å². The molecule has 0 aliphatic heterocycles. The first kappa shape index (κ1) is 22.6. The van der Waals surface area contributed by atoms with Gasteiger partial charge in [0, 0.05) is 11.6 Å². The van der Waals surface area contributed by atoms with E-state index in [1.807, 2.05) is 36.4 Å². The fourth-order valence-corrected chi connectivity index (χ4v) is 4.68. The van der Waals surface area contributed by atoms with E-state index in [2.05, 4.69) is 20.8 Å². The predicted molar refractivity (Wildman–Crippen MR) is 131 cm³/mol. The number of amides is 2. The number of fused-ring (bicyclic) bond motifs is 1. The van der Waals surface area contributed by atoms with E-state index in [-0.39, 0.29) is 17.6 Å². The Bertz CT molecular complexity index is 1300. The second-order valence-electron chi connectivity index (χ2n) is 6.76. The Morgan fingerprint density at radius 2 is 1.79 bits per heavy atom. The van der Waals surface area contributed by atoms with E-state index < -0.39 is 0 Å². The Balaban J connectivity index is 1.36. The zero-order valence-electron chi connectivity index (χ0n) is 17.8. The second-order valence-corrected chi connectivity index (χ2v) is 8.96. The van der Waals surface area contributed by atoms with Gasteiger partial charge in [0.15, 0.2) is 4.34 Å². The molecule has 0 saturated heterocycles. The van der Waals surface area contributed by atoms with Crippen LogP contribution in [0, 0.1) is 0 Å². The van der Waals surface area contributed by atoms with Crippen LogP contribution < -0.4 is 20.1 Å². The number of nitrogens with zero attached hydrogens (tertiary/aromatic N) is 2. The first-order chi connectivity index (χ1) is 16.1. The molecular weight excluding hydrogens is 460 g/mol. The molecule has 2 N–H and O–H groups in total. The van der Waals surface area contributed by atoms with Crippen LogP contribution in [0.1, 0.15) is 10.4 Å². The molecule has 168 valence electrons. The molecule has 0 bridgehead atoms. The lowest BCUT2D eigenvalue weighted by Gasteiger charge is -2.11. The van der Waals surface area contributed by atoms with E-state index >= 15 is 0 Å². The summed E-state index contributed by atoms with van der Waals surface area (Å²) in [5.74, 6) is 0.759. The van der Waals surface area contributed by atoms with Crippen molar-refractivity contribution in [2.24, 2.45) is 0 Å². The Hall–Kier alpha value is -3.63. The first-order valence-electron chi connectivity index (χ1n) is 9.84. The summed E-state index contributed by atoms with van der Waals surface area (Å²) in [5.41, 5.74) is 1.08. The number of nitrogens with one attached hydrogen (secondary N) is 2. The van der Waals surface area contributed by atoms with Crippen molar-refractivity contribution in [3.63, 3.8) is 0 Å². The maximum atomic E-state index is 12.8. The number of rotatable bonds is 8. The molecule has 4 aromatic rings. The van der Waals surface area contributed by atoms with Crippen LogP contribution in [0.25, 0.3) is 10.8 Å². The van der Waals surface area contributed by atoms with Gasteiger partial charge in [-0.15, -0.1) is 10.2 Å². The minimum absolute atomic E-state index is 0.117. The van der Waals surface area contributed by atoms with Crippen LogP contribution in [-0.2, 0) is 4.79 Å². The van der Waals surface area contributed by atoms with E-state index in [4.69, 9.17) is 9.47 Å². The van der Waals surface area contributed by atoms with Crippen LogP contribution in [-0.4, -0.2) is 42.0 Å². The number of anilines is 2. The van der Waals surface area contributed by atoms with Crippen molar-refractivity contribution in [3.8, 4) is 11.5 Å². The van der Waals surface area contributed by atoms with Crippen molar-refractivity contribution in [1.29, 1.82) is 0 Å². The molecule has 0 unspecified atom stereocenters.